The molecule has 6 rings (SSSR count). The van der Waals surface area contributed by atoms with E-state index < -0.39 is 11.9 Å². The Morgan fingerprint density at radius 2 is 1.84 bits per heavy atom. The smallest absolute Gasteiger partial charge is 0.276 e. The monoisotopic (exact) mass is 535 g/mol. The van der Waals surface area contributed by atoms with Gasteiger partial charge < -0.3 is 16.0 Å². The van der Waals surface area contributed by atoms with Crippen LogP contribution in [0, 0.1) is 11.9 Å². The van der Waals surface area contributed by atoms with E-state index in [0.29, 0.717) is 41.2 Å². The number of nitrogens with one attached hydrogen (secondary N) is 3. The van der Waals surface area contributed by atoms with Crippen molar-refractivity contribution in [1.29, 1.82) is 0 Å². The first-order valence-corrected chi connectivity index (χ1v) is 13.5. The predicted octanol–water partition coefficient (Wildman–Crippen LogP) is 4.19. The zero-order valence-electron chi connectivity index (χ0n) is 20.4. The minimum absolute atomic E-state index is 0.0542. The number of carbonyl (C=O) groups excluding carboxylic acids is 2. The molecule has 2 aliphatic carbocycles. The number of amides is 1. The van der Waals surface area contributed by atoms with Gasteiger partial charge in [-0.25, -0.2) is 14.5 Å². The minimum atomic E-state index is -0.680. The first-order chi connectivity index (χ1) is 18.5. The number of aromatic nitrogens is 6. The summed E-state index contributed by atoms with van der Waals surface area (Å²) in [6.07, 6.45) is 9.08. The second kappa shape index (κ2) is 10.4. The summed E-state index contributed by atoms with van der Waals surface area (Å²) >= 11 is 1.19. The summed E-state index contributed by atoms with van der Waals surface area (Å²) in [5, 5.41) is 20.0. The highest BCUT2D eigenvalue weighted by Crippen LogP contribution is 2.32. The number of hydrogen-bond acceptors (Lipinski definition) is 10. The predicted molar refractivity (Wildman–Crippen MR) is 140 cm³/mol. The van der Waals surface area contributed by atoms with E-state index in [1.54, 1.807) is 5.38 Å². The fourth-order valence-corrected chi connectivity index (χ4v) is 5.26. The number of anilines is 3. The lowest BCUT2D eigenvalue weighted by Gasteiger charge is -2.29. The Kier molecular flexibility index (Phi) is 6.66. The van der Waals surface area contributed by atoms with Gasteiger partial charge >= 0.3 is 0 Å². The average Bonchev–Trinajstić information content (AvgIpc) is 3.36. The van der Waals surface area contributed by atoms with E-state index in [4.69, 9.17) is 0 Å². The van der Waals surface area contributed by atoms with Gasteiger partial charge in [0.05, 0.1) is 11.9 Å². The number of imidazole rings is 1. The maximum atomic E-state index is 13.5. The van der Waals surface area contributed by atoms with Crippen molar-refractivity contribution < 1.29 is 14.0 Å². The minimum Gasteiger partial charge on any atom is -0.379 e. The van der Waals surface area contributed by atoms with E-state index in [1.165, 1.54) is 34.5 Å². The van der Waals surface area contributed by atoms with E-state index in [-0.39, 0.29) is 17.5 Å². The van der Waals surface area contributed by atoms with Crippen LogP contribution in [-0.2, 0) is 0 Å². The standard InChI is InChI=1S/C25H26FN9O2S/c26-22-10-17(7-8-27-22)31-25(37)20-12-28-24-18(29-15-5-6-15)11-23(33-35(20)24)30-16-3-1-14(2-4-16)9-21(36)19-13-38-34-32-19/h7-8,10-16,29H,1-6,9H2,(H,30,33)(H,27,31,37). The summed E-state index contributed by atoms with van der Waals surface area (Å²) in [6.45, 7) is 0. The summed E-state index contributed by atoms with van der Waals surface area (Å²) in [5.41, 5.74) is 2.34. The Balaban J connectivity index is 1.17. The van der Waals surface area contributed by atoms with Crippen LogP contribution in [0.4, 0.5) is 21.6 Å². The van der Waals surface area contributed by atoms with Crippen LogP contribution >= 0.6 is 11.5 Å². The number of ketones is 1. The van der Waals surface area contributed by atoms with Crippen LogP contribution in [0.3, 0.4) is 0 Å². The molecule has 0 radical (unpaired) electrons. The van der Waals surface area contributed by atoms with E-state index >= 15 is 0 Å². The maximum absolute atomic E-state index is 13.5. The van der Waals surface area contributed by atoms with Gasteiger partial charge in [-0.15, -0.1) is 10.2 Å². The van der Waals surface area contributed by atoms with Gasteiger partial charge in [0.25, 0.3) is 5.91 Å². The number of halogens is 1. The molecule has 0 atom stereocenters. The first-order valence-electron chi connectivity index (χ1n) is 12.7. The van der Waals surface area contributed by atoms with E-state index in [9.17, 15) is 14.0 Å². The van der Waals surface area contributed by atoms with Crippen LogP contribution in [0.1, 0.15) is 65.9 Å². The molecule has 38 heavy (non-hydrogen) atoms. The van der Waals surface area contributed by atoms with Crippen molar-refractivity contribution in [2.24, 2.45) is 5.92 Å². The van der Waals surface area contributed by atoms with Crippen LogP contribution in [0.25, 0.3) is 5.65 Å². The van der Waals surface area contributed by atoms with E-state index in [2.05, 4.69) is 40.6 Å². The van der Waals surface area contributed by atoms with Gasteiger partial charge in [-0.1, -0.05) is 4.49 Å². The molecule has 4 heterocycles. The summed E-state index contributed by atoms with van der Waals surface area (Å²) in [6, 6.07) is 5.18. The number of rotatable bonds is 9. The van der Waals surface area contributed by atoms with Crippen molar-refractivity contribution in [3.8, 4) is 0 Å². The third-order valence-electron chi connectivity index (χ3n) is 6.94. The number of Topliss-reactive ketones (excluding diaryl/α,β-unsaturated/α-hetero) is 1. The normalized spacial score (nSPS) is 19.3. The molecule has 13 heteroatoms. The lowest BCUT2D eigenvalue weighted by Crippen LogP contribution is -2.28. The Morgan fingerprint density at radius 3 is 2.58 bits per heavy atom. The molecule has 3 N–H and O–H groups in total. The molecular formula is C25H26FN9O2S. The third-order valence-corrected chi connectivity index (χ3v) is 7.44. The van der Waals surface area contributed by atoms with Crippen LogP contribution < -0.4 is 16.0 Å². The molecule has 196 valence electrons. The number of carbonyl (C=O) groups is 2. The zero-order valence-corrected chi connectivity index (χ0v) is 21.2. The van der Waals surface area contributed by atoms with Crippen LogP contribution in [0.2, 0.25) is 0 Å². The van der Waals surface area contributed by atoms with Crippen LogP contribution in [0.15, 0.2) is 36.0 Å². The summed E-state index contributed by atoms with van der Waals surface area (Å²) < 4.78 is 18.8. The van der Waals surface area contributed by atoms with Gasteiger partial charge in [-0.2, -0.15) is 4.39 Å². The Hall–Kier alpha value is -4.00. The first kappa shape index (κ1) is 24.3. The highest BCUT2D eigenvalue weighted by molar-refractivity contribution is 7.03. The van der Waals surface area contributed by atoms with Gasteiger partial charge in [0.1, 0.15) is 11.5 Å². The molecule has 0 aliphatic heterocycles. The van der Waals surface area contributed by atoms with Crippen molar-refractivity contribution >= 4 is 46.1 Å². The van der Waals surface area contributed by atoms with Gasteiger partial charge in [0.2, 0.25) is 5.95 Å². The van der Waals surface area contributed by atoms with Crippen LogP contribution in [-0.4, -0.2) is 52.9 Å². The highest BCUT2D eigenvalue weighted by atomic mass is 32.1. The molecular weight excluding hydrogens is 509 g/mol. The molecule has 2 aliphatic rings. The molecule has 4 aromatic heterocycles. The SMILES string of the molecule is O=C(CC1CCC(Nc2cc(NC3CC3)c3ncc(C(=O)Nc4ccnc(F)c4)n3n2)CC1)c1csnn1. The van der Waals surface area contributed by atoms with Crippen molar-refractivity contribution in [1.82, 2.24) is 29.2 Å². The summed E-state index contributed by atoms with van der Waals surface area (Å²) in [4.78, 5) is 33.4. The third kappa shape index (κ3) is 5.47. The second-order valence-electron chi connectivity index (χ2n) is 9.84. The molecule has 4 aromatic rings. The molecule has 0 spiro atoms. The van der Waals surface area contributed by atoms with Gasteiger partial charge in [-0.05, 0) is 62.0 Å². The molecule has 0 bridgehead atoms. The highest BCUT2D eigenvalue weighted by Gasteiger charge is 2.27. The average molecular weight is 536 g/mol. The largest absolute Gasteiger partial charge is 0.379 e. The Morgan fingerprint density at radius 1 is 1.05 bits per heavy atom. The van der Waals surface area contributed by atoms with Gasteiger partial charge in [0, 0.05) is 47.9 Å². The Bertz CT molecular complexity index is 1460. The van der Waals surface area contributed by atoms with Crippen molar-refractivity contribution in [3.63, 3.8) is 0 Å². The zero-order chi connectivity index (χ0) is 26.1. The maximum Gasteiger partial charge on any atom is 0.276 e. The molecule has 11 nitrogen and oxygen atoms in total. The van der Waals surface area contributed by atoms with Gasteiger partial charge in [-0.3, -0.25) is 9.59 Å². The second-order valence-corrected chi connectivity index (χ2v) is 10.5. The molecule has 2 saturated carbocycles. The fourth-order valence-electron chi connectivity index (χ4n) is 4.80. The molecule has 0 unspecified atom stereocenters. The summed E-state index contributed by atoms with van der Waals surface area (Å²) in [7, 11) is 0. The number of hydrogen-bond donors (Lipinski definition) is 3. The number of nitrogens with zero attached hydrogens (tertiary/aromatic N) is 6. The van der Waals surface area contributed by atoms with Crippen molar-refractivity contribution in [3.05, 3.63) is 53.3 Å². The quantitative estimate of drug-likeness (QED) is 0.213. The Labute approximate surface area is 221 Å². The van der Waals surface area contributed by atoms with E-state index in [0.717, 1.165) is 50.3 Å². The molecule has 0 saturated heterocycles. The molecule has 0 aromatic carbocycles. The molecule has 1 amide bonds. The molecule has 2 fully saturated rings. The van der Waals surface area contributed by atoms with Crippen molar-refractivity contribution in [2.75, 3.05) is 16.0 Å². The fraction of sp³-hybridized carbons (Fsp3) is 0.400. The van der Waals surface area contributed by atoms with Crippen LogP contribution in [0.5, 0.6) is 0 Å². The van der Waals surface area contributed by atoms with Gasteiger partial charge in [0.15, 0.2) is 17.1 Å². The number of pyridine rings is 1. The lowest BCUT2D eigenvalue weighted by atomic mass is 9.83. The topological polar surface area (TPSA) is 139 Å². The number of fused-ring (bicyclic) bond motifs is 1. The van der Waals surface area contributed by atoms with Crippen molar-refractivity contribution in [2.45, 2.75) is 57.0 Å². The summed E-state index contributed by atoms with van der Waals surface area (Å²) in [5.74, 6) is -0.118. The lowest BCUT2D eigenvalue weighted by molar-refractivity contribution is 0.0943. The van der Waals surface area contributed by atoms with E-state index in [1.807, 2.05) is 6.07 Å².